The van der Waals surface area contributed by atoms with Crippen LogP contribution in [0.2, 0.25) is 0 Å². The topological polar surface area (TPSA) is 0 Å². The van der Waals surface area contributed by atoms with E-state index in [9.17, 15) is 0 Å². The van der Waals surface area contributed by atoms with Crippen LogP contribution in [0.1, 0.15) is 2.85 Å². The van der Waals surface area contributed by atoms with E-state index in [0.29, 0.717) is 0 Å². The SMILES string of the molecule is F.[Ca+2].[F-].[F-].[H-].[H-].[Mg+2]. The van der Waals surface area contributed by atoms with Crippen molar-refractivity contribution in [3.63, 3.8) is 0 Å². The molecule has 0 heterocycles. The molecule has 0 rings (SSSR count). The van der Waals surface area contributed by atoms with Crippen molar-refractivity contribution in [2.24, 2.45) is 0 Å². The Morgan fingerprint density at radius 2 is 1.00 bits per heavy atom. The monoisotopic (exact) mass is 124 g/mol. The van der Waals surface area contributed by atoms with Crippen LogP contribution in [0.5, 0.6) is 0 Å². The van der Waals surface area contributed by atoms with Gasteiger partial charge in [-0.2, -0.15) is 0 Å². The summed E-state index contributed by atoms with van der Waals surface area (Å²) in [5.41, 5.74) is 0. The number of rotatable bonds is 0. The van der Waals surface area contributed by atoms with Crippen molar-refractivity contribution < 1.29 is 17.0 Å². The second kappa shape index (κ2) is 40.9. The van der Waals surface area contributed by atoms with E-state index in [4.69, 9.17) is 0 Å². The van der Waals surface area contributed by atoms with E-state index in [1.807, 2.05) is 0 Å². The average Bonchev–Trinajstić information content (AvgIpc) is 0. The van der Waals surface area contributed by atoms with Gasteiger partial charge in [0.25, 0.3) is 0 Å². The smallest absolute Gasteiger partial charge is 1.00 e. The Morgan fingerprint density at radius 3 is 1.00 bits per heavy atom. The van der Waals surface area contributed by atoms with Crippen molar-refractivity contribution in [3.8, 4) is 0 Å². The van der Waals surface area contributed by atoms with Gasteiger partial charge in [-0.3, -0.25) is 4.70 Å². The summed E-state index contributed by atoms with van der Waals surface area (Å²) in [5.74, 6) is 0. The van der Waals surface area contributed by atoms with E-state index < -0.39 is 0 Å². The number of hydrogen-bond acceptors (Lipinski definition) is 0. The van der Waals surface area contributed by atoms with Crippen molar-refractivity contribution in [1.29, 1.82) is 0 Å². The van der Waals surface area contributed by atoms with Crippen molar-refractivity contribution >= 4 is 60.8 Å². The zero-order valence-corrected chi connectivity index (χ0v) is 6.20. The predicted molar refractivity (Wildman–Crippen MR) is 16.2 cm³/mol. The fourth-order valence-electron chi connectivity index (χ4n) is 0. The summed E-state index contributed by atoms with van der Waals surface area (Å²) < 4.78 is 0. The average molecular weight is 124 g/mol. The molecule has 0 aliphatic heterocycles. The molecule has 0 aromatic carbocycles. The van der Waals surface area contributed by atoms with E-state index in [2.05, 4.69) is 0 Å². The molecule has 0 bridgehead atoms. The molecule has 0 fully saturated rings. The first kappa shape index (κ1) is 69.9. The summed E-state index contributed by atoms with van der Waals surface area (Å²) >= 11 is 0. The molecule has 0 amide bonds. The van der Waals surface area contributed by atoms with Crippen LogP contribution in [0, 0.1) is 0 Å². The van der Waals surface area contributed by atoms with E-state index in [-0.39, 0.29) is 77.8 Å². The molecule has 0 spiro atoms. The molecular weight excluding hydrogens is 121 g/mol. The molecule has 0 aliphatic rings. The first-order valence-electron chi connectivity index (χ1n) is 0. The van der Waals surface area contributed by atoms with Crippen molar-refractivity contribution in [2.45, 2.75) is 0 Å². The van der Waals surface area contributed by atoms with E-state index in [0.717, 1.165) is 0 Å². The van der Waals surface area contributed by atoms with Gasteiger partial charge in [0, 0.05) is 0 Å². The maximum absolute atomic E-state index is 0. The van der Waals surface area contributed by atoms with Crippen LogP contribution in [0.4, 0.5) is 4.70 Å². The van der Waals surface area contributed by atoms with Gasteiger partial charge in [0.05, 0.1) is 0 Å². The fraction of sp³-hybridized carbons (Fsp3) is 0. The second-order valence-corrected chi connectivity index (χ2v) is 0. The van der Waals surface area contributed by atoms with Crippen LogP contribution in [0.3, 0.4) is 0 Å². The second-order valence-electron chi connectivity index (χ2n) is 0. The first-order chi connectivity index (χ1) is 0. The van der Waals surface area contributed by atoms with Gasteiger partial charge in [0.2, 0.25) is 0 Å². The summed E-state index contributed by atoms with van der Waals surface area (Å²) in [4.78, 5) is 0. The Labute approximate surface area is 76.9 Å². The van der Waals surface area contributed by atoms with Gasteiger partial charge in [-0.05, 0) is 0 Å². The fourth-order valence-corrected chi connectivity index (χ4v) is 0. The maximum Gasteiger partial charge on any atom is 2.00 e. The zero-order chi connectivity index (χ0) is 0. The molecular formula is H3CaF3Mg. The summed E-state index contributed by atoms with van der Waals surface area (Å²) in [5, 5.41) is 0. The van der Waals surface area contributed by atoms with Crippen molar-refractivity contribution in [3.05, 3.63) is 0 Å². The predicted octanol–water partition coefficient (Wildman–Crippen LogP) is -6.38. The Morgan fingerprint density at radius 1 is 1.00 bits per heavy atom. The van der Waals surface area contributed by atoms with Crippen LogP contribution in [-0.2, 0) is 0 Å². The van der Waals surface area contributed by atoms with Gasteiger partial charge in [-0.1, -0.05) is 0 Å². The Hall–Kier alpha value is 1.82. The van der Waals surface area contributed by atoms with Gasteiger partial charge in [-0.25, -0.2) is 0 Å². The van der Waals surface area contributed by atoms with Crippen LogP contribution in [-0.4, -0.2) is 60.8 Å². The third kappa shape index (κ3) is 25.7. The van der Waals surface area contributed by atoms with Crippen LogP contribution >= 0.6 is 0 Å². The molecule has 5 heavy (non-hydrogen) atoms. The summed E-state index contributed by atoms with van der Waals surface area (Å²) in [6.07, 6.45) is 0. The van der Waals surface area contributed by atoms with Gasteiger partial charge < -0.3 is 12.3 Å². The minimum absolute atomic E-state index is 0. The molecule has 0 aliphatic carbocycles. The molecule has 0 atom stereocenters. The maximum atomic E-state index is 0. The van der Waals surface area contributed by atoms with E-state index in [1.54, 1.807) is 0 Å². The number of hydrogen-bond donors (Lipinski definition) is 0. The molecule has 0 radical (unpaired) electrons. The molecule has 28 valence electrons. The van der Waals surface area contributed by atoms with Crippen LogP contribution in [0.15, 0.2) is 0 Å². The standard InChI is InChI=1S/Ca.3FH.Mg.2H/h;3*1H;;;/q+2;;;;+2;2*-1/p-2. The van der Waals surface area contributed by atoms with Gasteiger partial charge >= 0.3 is 60.8 Å². The molecule has 0 nitrogen and oxygen atoms in total. The molecule has 0 N–H and O–H groups in total. The quantitative estimate of drug-likeness (QED) is 0.282. The van der Waals surface area contributed by atoms with Crippen LogP contribution in [0.25, 0.3) is 0 Å². The van der Waals surface area contributed by atoms with E-state index in [1.165, 1.54) is 0 Å². The third-order valence-electron chi connectivity index (χ3n) is 0. The van der Waals surface area contributed by atoms with Crippen molar-refractivity contribution in [2.75, 3.05) is 0 Å². The van der Waals surface area contributed by atoms with Crippen molar-refractivity contribution in [1.82, 2.24) is 0 Å². The Bertz CT molecular complexity index is 12.9. The summed E-state index contributed by atoms with van der Waals surface area (Å²) in [6.45, 7) is 0. The van der Waals surface area contributed by atoms with Gasteiger partial charge in [0.1, 0.15) is 0 Å². The van der Waals surface area contributed by atoms with Gasteiger partial charge in [-0.15, -0.1) is 0 Å². The summed E-state index contributed by atoms with van der Waals surface area (Å²) in [7, 11) is 0. The van der Waals surface area contributed by atoms with Crippen LogP contribution < -0.4 is 9.41 Å². The minimum atomic E-state index is 0. The number of halogens is 3. The molecule has 0 saturated heterocycles. The molecule has 0 aromatic heterocycles. The molecule has 5 heteroatoms. The zero-order valence-electron chi connectivity index (χ0n) is 4.58. The minimum Gasteiger partial charge on any atom is -1.00 e. The molecule has 0 saturated carbocycles. The molecule has 0 aromatic rings. The Balaban J connectivity index is 0. The largest absolute Gasteiger partial charge is 2.00 e. The van der Waals surface area contributed by atoms with Gasteiger partial charge in [0.15, 0.2) is 0 Å². The first-order valence-corrected chi connectivity index (χ1v) is 0. The molecule has 0 unspecified atom stereocenters. The Kier molecular flexibility index (Phi) is 572. The van der Waals surface area contributed by atoms with E-state index >= 15 is 0 Å². The normalized spacial score (nSPS) is 0. The summed E-state index contributed by atoms with van der Waals surface area (Å²) in [6, 6.07) is 0. The third-order valence-corrected chi connectivity index (χ3v) is 0.